The van der Waals surface area contributed by atoms with Crippen LogP contribution in [-0.4, -0.2) is 9.36 Å². The van der Waals surface area contributed by atoms with Crippen LogP contribution < -0.4 is 11.1 Å². The molecule has 1 aromatic heterocycles. The lowest BCUT2D eigenvalue weighted by Crippen LogP contribution is -2.36. The third-order valence-electron chi connectivity index (χ3n) is 3.32. The van der Waals surface area contributed by atoms with Gasteiger partial charge < -0.3 is 0 Å². The van der Waals surface area contributed by atoms with Crippen molar-refractivity contribution in [3.63, 3.8) is 0 Å². The van der Waals surface area contributed by atoms with Crippen molar-refractivity contribution >= 4 is 23.4 Å². The Hall–Kier alpha value is -2.24. The van der Waals surface area contributed by atoms with E-state index >= 15 is 0 Å². The van der Waals surface area contributed by atoms with Crippen LogP contribution in [0.25, 0.3) is 5.69 Å². The van der Waals surface area contributed by atoms with E-state index in [0.717, 1.165) is 4.90 Å². The van der Waals surface area contributed by atoms with Crippen molar-refractivity contribution in [3.8, 4) is 5.69 Å². The van der Waals surface area contributed by atoms with Crippen LogP contribution in [0.5, 0.6) is 0 Å². The molecule has 3 rings (SSSR count). The number of benzene rings is 2. The predicted molar refractivity (Wildman–Crippen MR) is 92.9 cm³/mol. The summed E-state index contributed by atoms with van der Waals surface area (Å²) >= 11 is 7.12. The number of halogens is 1. The fourth-order valence-electron chi connectivity index (χ4n) is 2.17. The molecule has 1 heterocycles. The third-order valence-corrected chi connectivity index (χ3v) is 4.59. The maximum Gasteiger partial charge on any atom is 0.284 e. The summed E-state index contributed by atoms with van der Waals surface area (Å²) in [7, 11) is 1.58. The second-order valence-electron chi connectivity index (χ2n) is 4.88. The Balaban J connectivity index is 2.13. The number of hydrogen-bond donors (Lipinski definition) is 0. The van der Waals surface area contributed by atoms with Gasteiger partial charge in [0.15, 0.2) is 0 Å². The molecule has 0 fully saturated rings. The molecule has 4 nitrogen and oxygen atoms in total. The first-order chi connectivity index (χ1) is 11.1. The molecule has 0 spiro atoms. The number of hydrogen-bond acceptors (Lipinski definition) is 3. The van der Waals surface area contributed by atoms with Crippen LogP contribution in [0.15, 0.2) is 80.0 Å². The number of rotatable bonds is 3. The number of aromatic nitrogens is 2. The van der Waals surface area contributed by atoms with Crippen LogP contribution in [0.4, 0.5) is 0 Å². The Kier molecular flexibility index (Phi) is 4.41. The molecule has 6 heteroatoms. The Morgan fingerprint density at radius 3 is 2.26 bits per heavy atom. The summed E-state index contributed by atoms with van der Waals surface area (Å²) in [6.45, 7) is 0. The molecular formula is C17H13ClN2O2S. The van der Waals surface area contributed by atoms with Crippen molar-refractivity contribution in [1.29, 1.82) is 0 Å². The van der Waals surface area contributed by atoms with Crippen molar-refractivity contribution in [3.05, 3.63) is 86.4 Å². The van der Waals surface area contributed by atoms with E-state index in [0.29, 0.717) is 15.6 Å². The Morgan fingerprint density at radius 2 is 1.61 bits per heavy atom. The van der Waals surface area contributed by atoms with Crippen LogP contribution in [0.3, 0.4) is 0 Å². The first-order valence-electron chi connectivity index (χ1n) is 6.88. The second-order valence-corrected chi connectivity index (χ2v) is 6.43. The molecule has 0 aliphatic heterocycles. The maximum absolute atomic E-state index is 12.8. The normalized spacial score (nSPS) is 10.7. The summed E-state index contributed by atoms with van der Waals surface area (Å²) in [6.07, 6.45) is 0. The Labute approximate surface area is 141 Å². The largest absolute Gasteiger partial charge is 0.284 e. The molecular weight excluding hydrogens is 332 g/mol. The number of para-hydroxylation sites is 1. The van der Waals surface area contributed by atoms with Crippen molar-refractivity contribution in [2.75, 3.05) is 0 Å². The highest BCUT2D eigenvalue weighted by Gasteiger charge is 2.12. The van der Waals surface area contributed by atoms with Gasteiger partial charge in [-0.05, 0) is 36.4 Å². The minimum Gasteiger partial charge on any atom is -0.268 e. The summed E-state index contributed by atoms with van der Waals surface area (Å²) < 4.78 is 2.68. The van der Waals surface area contributed by atoms with Gasteiger partial charge in [0.2, 0.25) is 0 Å². The molecule has 3 aromatic rings. The molecule has 2 aromatic carbocycles. The molecule has 0 aliphatic rings. The highest BCUT2D eigenvalue weighted by atomic mass is 35.5. The second kappa shape index (κ2) is 6.48. The van der Waals surface area contributed by atoms with E-state index in [1.807, 2.05) is 30.3 Å². The van der Waals surface area contributed by atoms with Gasteiger partial charge in [0.25, 0.3) is 11.1 Å². The predicted octanol–water partition coefficient (Wildman–Crippen LogP) is 3.34. The zero-order valence-electron chi connectivity index (χ0n) is 12.3. The molecule has 0 bridgehead atoms. The molecule has 23 heavy (non-hydrogen) atoms. The quantitative estimate of drug-likeness (QED) is 0.732. The zero-order chi connectivity index (χ0) is 16.4. The Morgan fingerprint density at radius 1 is 0.957 bits per heavy atom. The highest BCUT2D eigenvalue weighted by molar-refractivity contribution is 7.99. The average molecular weight is 345 g/mol. The molecule has 0 N–H and O–H groups in total. The lowest BCUT2D eigenvalue weighted by molar-refractivity contribution is 0.581. The molecule has 0 atom stereocenters. The van der Waals surface area contributed by atoms with Gasteiger partial charge in [0.1, 0.15) is 0 Å². The molecule has 0 saturated carbocycles. The fourth-order valence-corrected chi connectivity index (χ4v) is 3.15. The van der Waals surface area contributed by atoms with Crippen molar-refractivity contribution in [2.24, 2.45) is 7.05 Å². The first kappa shape index (κ1) is 15.6. The van der Waals surface area contributed by atoms with Gasteiger partial charge in [-0.3, -0.25) is 9.59 Å². The van der Waals surface area contributed by atoms with E-state index in [4.69, 9.17) is 11.6 Å². The summed E-state index contributed by atoms with van der Waals surface area (Å²) in [5, 5.41) is 0.625. The Bertz CT molecular complexity index is 947. The molecule has 0 amide bonds. The van der Waals surface area contributed by atoms with Gasteiger partial charge in [-0.15, -0.1) is 0 Å². The van der Waals surface area contributed by atoms with E-state index in [1.54, 1.807) is 31.3 Å². The van der Waals surface area contributed by atoms with Crippen molar-refractivity contribution < 1.29 is 0 Å². The van der Waals surface area contributed by atoms with E-state index in [9.17, 15) is 9.59 Å². The summed E-state index contributed by atoms with van der Waals surface area (Å²) in [5.74, 6) is 0. The average Bonchev–Trinajstić information content (AvgIpc) is 2.56. The van der Waals surface area contributed by atoms with Crippen LogP contribution in [0, 0.1) is 0 Å². The van der Waals surface area contributed by atoms with Gasteiger partial charge in [0, 0.05) is 23.0 Å². The minimum absolute atomic E-state index is 0.238. The molecule has 0 radical (unpaired) electrons. The van der Waals surface area contributed by atoms with E-state index in [-0.39, 0.29) is 11.1 Å². The zero-order valence-corrected chi connectivity index (χ0v) is 13.8. The fraction of sp³-hybridized carbons (Fsp3) is 0.0588. The van der Waals surface area contributed by atoms with Gasteiger partial charge in [-0.1, -0.05) is 41.6 Å². The molecule has 0 aliphatic carbocycles. The SMILES string of the molecule is Cn1c(=O)cc(Sc2ccc(Cl)cc2)c(=O)n1-c1ccccc1. The van der Waals surface area contributed by atoms with Crippen molar-refractivity contribution in [1.82, 2.24) is 9.36 Å². The number of nitrogens with zero attached hydrogens (tertiary/aromatic N) is 2. The lowest BCUT2D eigenvalue weighted by atomic mass is 10.3. The standard InChI is InChI=1S/C17H13ClN2O2S/c1-19-16(21)11-15(23-14-9-7-12(18)8-10-14)17(22)20(19)13-5-3-2-4-6-13/h2-11H,1H3. The lowest BCUT2D eigenvalue weighted by Gasteiger charge is -2.13. The van der Waals surface area contributed by atoms with Crippen LogP contribution >= 0.6 is 23.4 Å². The van der Waals surface area contributed by atoms with Gasteiger partial charge >= 0.3 is 0 Å². The molecule has 116 valence electrons. The molecule has 0 unspecified atom stereocenters. The summed E-state index contributed by atoms with van der Waals surface area (Å²) in [5.41, 5.74) is 0.166. The van der Waals surface area contributed by atoms with Gasteiger partial charge in [-0.25, -0.2) is 9.36 Å². The van der Waals surface area contributed by atoms with Gasteiger partial charge in [-0.2, -0.15) is 0 Å². The van der Waals surface area contributed by atoms with E-state index < -0.39 is 0 Å². The van der Waals surface area contributed by atoms with Crippen LogP contribution in [0.1, 0.15) is 0 Å². The van der Waals surface area contributed by atoms with Crippen molar-refractivity contribution in [2.45, 2.75) is 9.79 Å². The van der Waals surface area contributed by atoms with Crippen LogP contribution in [0.2, 0.25) is 5.02 Å². The maximum atomic E-state index is 12.8. The molecule has 0 saturated heterocycles. The summed E-state index contributed by atoms with van der Waals surface area (Å²) in [4.78, 5) is 26.2. The van der Waals surface area contributed by atoms with E-state index in [2.05, 4.69) is 0 Å². The monoisotopic (exact) mass is 344 g/mol. The summed E-state index contributed by atoms with van der Waals surface area (Å²) in [6, 6.07) is 17.6. The van der Waals surface area contributed by atoms with Crippen LogP contribution in [-0.2, 0) is 7.05 Å². The third kappa shape index (κ3) is 3.25. The first-order valence-corrected chi connectivity index (χ1v) is 8.08. The van der Waals surface area contributed by atoms with E-state index in [1.165, 1.54) is 27.2 Å². The minimum atomic E-state index is -0.245. The topological polar surface area (TPSA) is 44.0 Å². The van der Waals surface area contributed by atoms with Gasteiger partial charge in [0.05, 0.1) is 10.6 Å². The highest BCUT2D eigenvalue weighted by Crippen LogP contribution is 2.25. The smallest absolute Gasteiger partial charge is 0.268 e.